The van der Waals surface area contributed by atoms with E-state index in [9.17, 15) is 4.39 Å². The van der Waals surface area contributed by atoms with Crippen molar-refractivity contribution in [2.45, 2.75) is 0 Å². The second-order valence-corrected chi connectivity index (χ2v) is 0. The molecule has 24 valence electrons. The normalized spacial score (nSPS) is 4.20. The molecule has 0 aliphatic heterocycles. The van der Waals surface area contributed by atoms with E-state index in [1.165, 1.54) is 0 Å². The van der Waals surface area contributed by atoms with Crippen molar-refractivity contribution < 1.29 is 25.2 Å². The van der Waals surface area contributed by atoms with Crippen molar-refractivity contribution in [2.75, 3.05) is 0 Å². The van der Waals surface area contributed by atoms with Gasteiger partial charge in [-0.3, -0.25) is 0 Å². The molecule has 0 aromatic rings. The Kier molecular flexibility index (Phi) is 35400. The van der Waals surface area contributed by atoms with Crippen molar-refractivity contribution >= 4 is 0 Å². The molecule has 0 saturated carbocycles. The van der Waals surface area contributed by atoms with E-state index in [0.29, 0.717) is 0 Å². The van der Waals surface area contributed by atoms with Gasteiger partial charge in [-0.1, -0.05) is 0 Å². The molecule has 0 unspecified atom stereocenters. The Morgan fingerprint density at radius 1 is 2.00 bits per heavy atom. The third kappa shape index (κ3) is 8970. The molecule has 0 atom stereocenters. The van der Waals surface area contributed by atoms with Gasteiger partial charge in [-0.15, -0.1) is 0 Å². The molecule has 0 saturated heterocycles. The average molecular weight is 125 g/mol. The van der Waals surface area contributed by atoms with Gasteiger partial charge in [-0.2, -0.15) is 8.52 Å². The third-order valence-corrected chi connectivity index (χ3v) is 0. The molecule has 1 nitrogen and oxygen atoms in total. The van der Waals surface area contributed by atoms with Crippen LogP contribution in [0.1, 0.15) is 1.37 Å². The standard InChI is InChI=1S/CH2F.CN.Zn/c2*1-2;/h1H2;;/q2*-1;+2/i1D;;. The molecule has 0 aromatic heterocycles. The molecule has 0 radical (unpaired) electrons. The number of rotatable bonds is 0. The molecule has 0 spiro atoms. The summed E-state index contributed by atoms with van der Waals surface area (Å²) in [5, 5.41) is 6.25. The summed E-state index contributed by atoms with van der Waals surface area (Å²) in [4.78, 5) is 0. The summed E-state index contributed by atoms with van der Waals surface area (Å²) in [6.45, 7) is 4.75. The van der Waals surface area contributed by atoms with Crippen LogP contribution in [0.25, 0.3) is 0 Å². The van der Waals surface area contributed by atoms with Gasteiger partial charge < -0.3 is 16.2 Å². The van der Waals surface area contributed by atoms with Gasteiger partial charge in [0.2, 0.25) is 0 Å². The van der Waals surface area contributed by atoms with Crippen LogP contribution in [-0.4, -0.2) is 0 Å². The molecule has 3 heteroatoms. The smallest absolute Gasteiger partial charge is 0.512 e. The van der Waals surface area contributed by atoms with Crippen LogP contribution in [0.5, 0.6) is 0 Å². The monoisotopic (exact) mass is 124 g/mol. The Hall–Kier alpha value is 0.0434. The zero-order valence-electron chi connectivity index (χ0n) is 3.61. The molecule has 0 rings (SSSR count). The third-order valence-electron chi connectivity index (χ3n) is 0. The molecule has 0 aliphatic rings. The number of hydrogen-bond donors (Lipinski definition) is 0. The first kappa shape index (κ1) is 8.90. The van der Waals surface area contributed by atoms with Crippen molar-refractivity contribution in [1.82, 2.24) is 0 Å². The first-order valence-electron chi connectivity index (χ1n) is 1.02. The van der Waals surface area contributed by atoms with E-state index < -0.39 is 0 Å². The number of halogens is 1. The molecule has 0 amide bonds. The minimum absolute atomic E-state index is 0. The first-order chi connectivity index (χ1) is 2.41. The molecule has 0 N–H and O–H groups in total. The topological polar surface area (TPSA) is 23.8 Å². The van der Waals surface area contributed by atoms with Crippen LogP contribution < -0.4 is 0 Å². The van der Waals surface area contributed by atoms with Gasteiger partial charge in [0, 0.05) is 0 Å². The fourth-order valence-electron chi connectivity index (χ4n) is 0. The van der Waals surface area contributed by atoms with Gasteiger partial charge in [-0.05, 0) is 0 Å². The molecule has 0 aliphatic carbocycles. The Bertz CT molecular complexity index is 24.8. The zero-order valence-corrected chi connectivity index (χ0v) is 5.58. The van der Waals surface area contributed by atoms with Gasteiger partial charge in [0.25, 0.3) is 0 Å². The summed E-state index contributed by atoms with van der Waals surface area (Å²) < 4.78 is 15.2. The van der Waals surface area contributed by atoms with E-state index in [-0.39, 0.29) is 26.6 Å². The SMILES string of the molecule is [2H][CH-]F.[C-]#N.[Zn+2]. The van der Waals surface area contributed by atoms with Crippen LogP contribution >= 0.6 is 0 Å². The Morgan fingerprint density at radius 2 is 2.00 bits per heavy atom. The average Bonchev–Trinajstić information content (AvgIpc) is 1.46. The summed E-state index contributed by atoms with van der Waals surface area (Å²) in [6.07, 6.45) is 0. The van der Waals surface area contributed by atoms with Crippen molar-refractivity contribution in [3.63, 3.8) is 0 Å². The van der Waals surface area contributed by atoms with Crippen LogP contribution in [0.3, 0.4) is 0 Å². The maximum absolute atomic E-state index is 9.83. The van der Waals surface area contributed by atoms with E-state index in [1.54, 1.807) is 0 Å². The molecular weight excluding hydrogens is 122 g/mol. The van der Waals surface area contributed by atoms with E-state index in [2.05, 4.69) is 0 Å². The molecule has 0 aromatic carbocycles. The predicted octanol–water partition coefficient (Wildman–Crippen LogP) is 0.841. The summed E-state index contributed by atoms with van der Waals surface area (Å²) in [5.74, 6) is 0. The van der Waals surface area contributed by atoms with Crippen LogP contribution in [0.15, 0.2) is 0 Å². The summed E-state index contributed by atoms with van der Waals surface area (Å²) >= 11 is 0. The maximum atomic E-state index is 9.83. The van der Waals surface area contributed by atoms with E-state index in [4.69, 9.17) is 13.2 Å². The Balaban J connectivity index is -0.0000000275. The maximum Gasteiger partial charge on any atom is 2.00 e. The fraction of sp³-hybridized carbons (Fsp3) is 0. The van der Waals surface area contributed by atoms with Crippen LogP contribution in [0.2, 0.25) is 0 Å². The molecule has 0 bridgehead atoms. The summed E-state index contributed by atoms with van der Waals surface area (Å²) in [5.41, 5.74) is 0. The van der Waals surface area contributed by atoms with E-state index in [1.807, 2.05) is 0 Å². The Labute approximate surface area is 45.0 Å². The molecule has 0 fully saturated rings. The first-order valence-corrected chi connectivity index (χ1v) is 0.442. The van der Waals surface area contributed by atoms with Crippen LogP contribution in [0.4, 0.5) is 4.39 Å². The fourth-order valence-corrected chi connectivity index (χ4v) is 0. The quantitative estimate of drug-likeness (QED) is 0.348. The molecular formula is C2H2FNZn. The summed E-state index contributed by atoms with van der Waals surface area (Å²) in [6, 6.07) is 0. The van der Waals surface area contributed by atoms with Gasteiger partial charge in [0.1, 0.15) is 0 Å². The minimum Gasteiger partial charge on any atom is -0.512 e. The predicted molar refractivity (Wildman–Crippen MR) is 11.4 cm³/mol. The van der Waals surface area contributed by atoms with Gasteiger partial charge in [0.15, 0.2) is 0 Å². The number of hydrogen-bond acceptors (Lipinski definition) is 1. The van der Waals surface area contributed by atoms with Gasteiger partial charge in [0.05, 0.1) is 0 Å². The van der Waals surface area contributed by atoms with Crippen LogP contribution in [-0.2, 0) is 19.5 Å². The molecule has 5 heavy (non-hydrogen) atoms. The van der Waals surface area contributed by atoms with E-state index in [0.717, 1.165) is 0 Å². The zero-order chi connectivity index (χ0) is 4.71. The van der Waals surface area contributed by atoms with Crippen molar-refractivity contribution in [3.8, 4) is 0 Å². The van der Waals surface area contributed by atoms with Crippen molar-refractivity contribution in [1.29, 1.82) is 5.26 Å². The summed E-state index contributed by atoms with van der Waals surface area (Å²) in [7, 11) is -0.250. The van der Waals surface area contributed by atoms with Gasteiger partial charge >= 0.3 is 19.5 Å². The van der Waals surface area contributed by atoms with Crippen LogP contribution in [0, 0.1) is 19.0 Å². The van der Waals surface area contributed by atoms with Crippen molar-refractivity contribution in [3.05, 3.63) is 13.7 Å². The second-order valence-electron chi connectivity index (χ2n) is 0. The van der Waals surface area contributed by atoms with Crippen molar-refractivity contribution in [2.24, 2.45) is 0 Å². The minimum atomic E-state index is -0.250. The second kappa shape index (κ2) is 19900. The van der Waals surface area contributed by atoms with Gasteiger partial charge in [-0.25, -0.2) is 0 Å². The largest absolute Gasteiger partial charge is 2.00 e. The Morgan fingerprint density at radius 3 is 2.00 bits per heavy atom. The number of nitrogens with zero attached hydrogens (tertiary/aromatic N) is 1. The molecule has 0 heterocycles. The van der Waals surface area contributed by atoms with E-state index >= 15 is 0 Å².